The zero-order chi connectivity index (χ0) is 8.39. The van der Waals surface area contributed by atoms with Gasteiger partial charge in [0.15, 0.2) is 0 Å². The third-order valence-electron chi connectivity index (χ3n) is 2.14. The molecule has 1 aliphatic rings. The molecule has 0 unspecified atom stereocenters. The topological polar surface area (TPSA) is 29.9 Å². The van der Waals surface area contributed by atoms with Crippen LogP contribution in [0.3, 0.4) is 0 Å². The Hall–Kier alpha value is -1.09. The minimum absolute atomic E-state index is 0.949. The number of nitrogens with one attached hydrogen (secondary N) is 1. The largest absolute Gasteiger partial charge is 0.334 e. The van der Waals surface area contributed by atoms with Crippen LogP contribution >= 0.6 is 0 Å². The molecular formula is C9H13N3. The van der Waals surface area contributed by atoms with E-state index in [1.807, 2.05) is 19.4 Å². The van der Waals surface area contributed by atoms with Gasteiger partial charge in [0.1, 0.15) is 5.82 Å². The zero-order valence-electron chi connectivity index (χ0n) is 7.25. The summed E-state index contributed by atoms with van der Waals surface area (Å²) in [5.41, 5.74) is 1.31. The van der Waals surface area contributed by atoms with Crippen LogP contribution in [0.1, 0.15) is 12.2 Å². The molecule has 0 saturated carbocycles. The fourth-order valence-corrected chi connectivity index (χ4v) is 1.49. The molecule has 2 heterocycles. The van der Waals surface area contributed by atoms with Gasteiger partial charge in [-0.05, 0) is 13.0 Å². The highest BCUT2D eigenvalue weighted by atomic mass is 15.0. The summed E-state index contributed by atoms with van der Waals surface area (Å²) >= 11 is 0. The second kappa shape index (κ2) is 3.11. The molecule has 1 N–H and O–H groups in total. The molecule has 12 heavy (non-hydrogen) atoms. The average Bonchev–Trinajstić information content (AvgIpc) is 2.53. The molecule has 1 aliphatic heterocycles. The molecule has 1 aromatic heterocycles. The summed E-state index contributed by atoms with van der Waals surface area (Å²) in [6.07, 6.45) is 7.19. The third kappa shape index (κ3) is 1.28. The van der Waals surface area contributed by atoms with Crippen LogP contribution in [0.4, 0.5) is 0 Å². The van der Waals surface area contributed by atoms with Crippen molar-refractivity contribution in [2.45, 2.75) is 6.42 Å². The maximum absolute atomic E-state index is 4.29. The predicted molar refractivity (Wildman–Crippen MR) is 48.7 cm³/mol. The summed E-state index contributed by atoms with van der Waals surface area (Å²) in [7, 11) is 2.03. The predicted octanol–water partition coefficient (Wildman–Crippen LogP) is 0.797. The van der Waals surface area contributed by atoms with Gasteiger partial charge in [-0.1, -0.05) is 6.08 Å². The second-order valence-electron chi connectivity index (χ2n) is 3.06. The molecule has 0 atom stereocenters. The number of rotatable bonds is 1. The van der Waals surface area contributed by atoms with Crippen molar-refractivity contribution >= 4 is 5.57 Å². The number of hydrogen-bond donors (Lipinski definition) is 1. The number of aryl methyl sites for hydroxylation is 1. The van der Waals surface area contributed by atoms with Gasteiger partial charge < -0.3 is 9.88 Å². The fourth-order valence-electron chi connectivity index (χ4n) is 1.49. The molecule has 3 heteroatoms. The van der Waals surface area contributed by atoms with Crippen LogP contribution in [-0.2, 0) is 7.05 Å². The van der Waals surface area contributed by atoms with E-state index < -0.39 is 0 Å². The summed E-state index contributed by atoms with van der Waals surface area (Å²) in [6.45, 7) is 2.04. The average molecular weight is 163 g/mol. The molecule has 0 bridgehead atoms. The van der Waals surface area contributed by atoms with Crippen molar-refractivity contribution < 1.29 is 0 Å². The van der Waals surface area contributed by atoms with Crippen molar-refractivity contribution in [1.29, 1.82) is 0 Å². The van der Waals surface area contributed by atoms with Crippen molar-refractivity contribution in [1.82, 2.24) is 14.9 Å². The van der Waals surface area contributed by atoms with E-state index in [0.717, 1.165) is 25.3 Å². The van der Waals surface area contributed by atoms with E-state index in [2.05, 4.69) is 20.9 Å². The third-order valence-corrected chi connectivity index (χ3v) is 2.14. The van der Waals surface area contributed by atoms with Crippen molar-refractivity contribution in [2.75, 3.05) is 13.1 Å². The Morgan fingerprint density at radius 2 is 2.50 bits per heavy atom. The SMILES string of the molecule is Cn1ccnc1C1=CCCNC1. The molecule has 0 aliphatic carbocycles. The minimum atomic E-state index is 0.949. The molecule has 0 amide bonds. The van der Waals surface area contributed by atoms with E-state index in [0.29, 0.717) is 0 Å². The Morgan fingerprint density at radius 1 is 1.58 bits per heavy atom. The number of imidazole rings is 1. The summed E-state index contributed by atoms with van der Waals surface area (Å²) in [6, 6.07) is 0. The summed E-state index contributed by atoms with van der Waals surface area (Å²) in [5, 5.41) is 3.33. The Balaban J connectivity index is 2.29. The lowest BCUT2D eigenvalue weighted by Crippen LogP contribution is -2.22. The second-order valence-corrected chi connectivity index (χ2v) is 3.06. The van der Waals surface area contributed by atoms with Gasteiger partial charge in [0, 0.05) is 31.6 Å². The monoisotopic (exact) mass is 163 g/mol. The molecule has 0 aromatic carbocycles. The highest BCUT2D eigenvalue weighted by Crippen LogP contribution is 2.13. The van der Waals surface area contributed by atoms with Gasteiger partial charge >= 0.3 is 0 Å². The summed E-state index contributed by atoms with van der Waals surface area (Å²) in [4.78, 5) is 4.29. The van der Waals surface area contributed by atoms with E-state index in [-0.39, 0.29) is 0 Å². The summed E-state index contributed by atoms with van der Waals surface area (Å²) in [5.74, 6) is 1.09. The lowest BCUT2D eigenvalue weighted by atomic mass is 10.1. The lowest BCUT2D eigenvalue weighted by molar-refractivity contribution is 0.728. The molecule has 2 rings (SSSR count). The first kappa shape index (κ1) is 7.55. The molecular weight excluding hydrogens is 150 g/mol. The zero-order valence-corrected chi connectivity index (χ0v) is 7.25. The molecule has 0 fully saturated rings. The summed E-state index contributed by atoms with van der Waals surface area (Å²) < 4.78 is 2.05. The van der Waals surface area contributed by atoms with Gasteiger partial charge in [0.25, 0.3) is 0 Å². The van der Waals surface area contributed by atoms with Crippen molar-refractivity contribution in [3.63, 3.8) is 0 Å². The fraction of sp³-hybridized carbons (Fsp3) is 0.444. The first-order chi connectivity index (χ1) is 5.88. The minimum Gasteiger partial charge on any atom is -0.334 e. The lowest BCUT2D eigenvalue weighted by Gasteiger charge is -2.13. The number of nitrogens with zero attached hydrogens (tertiary/aromatic N) is 2. The van der Waals surface area contributed by atoms with Crippen LogP contribution in [0.5, 0.6) is 0 Å². The van der Waals surface area contributed by atoms with E-state index in [1.54, 1.807) is 0 Å². The number of hydrogen-bond acceptors (Lipinski definition) is 2. The van der Waals surface area contributed by atoms with Gasteiger partial charge in [-0.25, -0.2) is 4.98 Å². The highest BCUT2D eigenvalue weighted by molar-refractivity contribution is 5.62. The normalized spacial score (nSPS) is 17.6. The van der Waals surface area contributed by atoms with E-state index in [9.17, 15) is 0 Å². The Bertz CT molecular complexity index is 298. The van der Waals surface area contributed by atoms with Crippen molar-refractivity contribution in [3.8, 4) is 0 Å². The van der Waals surface area contributed by atoms with E-state index in [1.165, 1.54) is 5.57 Å². The van der Waals surface area contributed by atoms with Crippen LogP contribution in [0, 0.1) is 0 Å². The quantitative estimate of drug-likeness (QED) is 0.663. The van der Waals surface area contributed by atoms with Crippen LogP contribution in [0.2, 0.25) is 0 Å². The molecule has 0 saturated heterocycles. The first-order valence-electron chi connectivity index (χ1n) is 4.25. The molecule has 3 nitrogen and oxygen atoms in total. The maximum Gasteiger partial charge on any atom is 0.136 e. The van der Waals surface area contributed by atoms with Crippen LogP contribution in [0.25, 0.3) is 5.57 Å². The first-order valence-corrected chi connectivity index (χ1v) is 4.25. The van der Waals surface area contributed by atoms with Crippen LogP contribution in [0.15, 0.2) is 18.5 Å². The Morgan fingerprint density at radius 3 is 3.08 bits per heavy atom. The Labute approximate surface area is 72.1 Å². The van der Waals surface area contributed by atoms with E-state index >= 15 is 0 Å². The Kier molecular flexibility index (Phi) is 1.96. The van der Waals surface area contributed by atoms with Gasteiger partial charge in [-0.2, -0.15) is 0 Å². The van der Waals surface area contributed by atoms with Gasteiger partial charge in [0.05, 0.1) is 0 Å². The maximum atomic E-state index is 4.29. The highest BCUT2D eigenvalue weighted by Gasteiger charge is 2.08. The van der Waals surface area contributed by atoms with Crippen molar-refractivity contribution in [3.05, 3.63) is 24.3 Å². The van der Waals surface area contributed by atoms with Gasteiger partial charge in [0.2, 0.25) is 0 Å². The molecule has 0 radical (unpaired) electrons. The number of aromatic nitrogens is 2. The smallest absolute Gasteiger partial charge is 0.136 e. The standard InChI is InChI=1S/C9H13N3/c1-12-6-5-11-9(12)8-3-2-4-10-7-8/h3,5-6,10H,2,4,7H2,1H3. The van der Waals surface area contributed by atoms with Crippen molar-refractivity contribution in [2.24, 2.45) is 7.05 Å². The van der Waals surface area contributed by atoms with Gasteiger partial charge in [-0.15, -0.1) is 0 Å². The van der Waals surface area contributed by atoms with Crippen LogP contribution in [-0.4, -0.2) is 22.6 Å². The van der Waals surface area contributed by atoms with Crippen LogP contribution < -0.4 is 5.32 Å². The van der Waals surface area contributed by atoms with Gasteiger partial charge in [-0.3, -0.25) is 0 Å². The molecule has 64 valence electrons. The molecule has 1 aromatic rings. The molecule has 0 spiro atoms. The van der Waals surface area contributed by atoms with E-state index in [4.69, 9.17) is 0 Å².